The molecule has 6 heteroatoms. The molecular formula is C9H11NO4S. The van der Waals surface area contributed by atoms with Crippen molar-refractivity contribution in [3.63, 3.8) is 0 Å². The molecule has 0 unspecified atom stereocenters. The molecule has 0 N–H and O–H groups in total. The first kappa shape index (κ1) is 11.6. The van der Waals surface area contributed by atoms with Crippen molar-refractivity contribution in [1.29, 1.82) is 0 Å². The Balaban J connectivity index is 3.08. The molecule has 0 fully saturated rings. The fourth-order valence-electron chi connectivity index (χ4n) is 1.18. The molecule has 0 aromatic carbocycles. The molecule has 1 aromatic rings. The lowest BCUT2D eigenvalue weighted by molar-refractivity contribution is -0.385. The van der Waals surface area contributed by atoms with Crippen LogP contribution in [0.2, 0.25) is 0 Å². The highest BCUT2D eigenvalue weighted by Crippen LogP contribution is 2.30. The normalized spacial score (nSPS) is 10.0. The second-order valence-electron chi connectivity index (χ2n) is 2.92. The smallest absolute Gasteiger partial charge is 0.348 e. The Kier molecular flexibility index (Phi) is 3.79. The fraction of sp³-hybridized carbons (Fsp3) is 0.444. The first-order chi connectivity index (χ1) is 7.10. The number of thiophene rings is 1. The molecule has 0 aliphatic carbocycles. The Morgan fingerprint density at radius 2 is 2.33 bits per heavy atom. The number of hydrogen-bond acceptors (Lipinski definition) is 5. The predicted octanol–water partition coefficient (Wildman–Crippen LogP) is 2.40. The fourth-order valence-corrected chi connectivity index (χ4v) is 2.33. The summed E-state index contributed by atoms with van der Waals surface area (Å²) >= 11 is 1.13. The molecule has 0 amide bonds. The number of nitro groups is 1. The van der Waals surface area contributed by atoms with E-state index in [-0.39, 0.29) is 10.6 Å². The largest absolute Gasteiger partial charge is 0.465 e. The Morgan fingerprint density at radius 1 is 1.67 bits per heavy atom. The lowest BCUT2D eigenvalue weighted by Gasteiger charge is -1.92. The Morgan fingerprint density at radius 3 is 2.80 bits per heavy atom. The number of hydrogen-bond donors (Lipinski definition) is 0. The van der Waals surface area contributed by atoms with Crippen molar-refractivity contribution in [2.75, 3.05) is 7.11 Å². The van der Waals surface area contributed by atoms with Gasteiger partial charge in [-0.2, -0.15) is 0 Å². The number of carbonyl (C=O) groups excluding carboxylic acids is 1. The summed E-state index contributed by atoms with van der Waals surface area (Å²) in [4.78, 5) is 22.3. The highest BCUT2D eigenvalue weighted by Gasteiger charge is 2.21. The SMILES string of the molecule is CCCc1sc(C(=O)OC)cc1[N+](=O)[O-]. The van der Waals surface area contributed by atoms with Crippen molar-refractivity contribution < 1.29 is 14.5 Å². The van der Waals surface area contributed by atoms with E-state index in [1.54, 1.807) is 0 Å². The molecule has 0 atom stereocenters. The van der Waals surface area contributed by atoms with Crippen LogP contribution in [0.3, 0.4) is 0 Å². The summed E-state index contributed by atoms with van der Waals surface area (Å²) in [5.74, 6) is -0.523. The predicted molar refractivity (Wildman–Crippen MR) is 56.3 cm³/mol. The molecule has 0 saturated heterocycles. The van der Waals surface area contributed by atoms with E-state index in [1.807, 2.05) is 6.92 Å². The monoisotopic (exact) mass is 229 g/mol. The van der Waals surface area contributed by atoms with Crippen molar-refractivity contribution in [1.82, 2.24) is 0 Å². The van der Waals surface area contributed by atoms with E-state index in [0.717, 1.165) is 17.8 Å². The van der Waals surface area contributed by atoms with Gasteiger partial charge in [0.1, 0.15) is 4.88 Å². The minimum Gasteiger partial charge on any atom is -0.465 e. The molecule has 15 heavy (non-hydrogen) atoms. The number of carbonyl (C=O) groups is 1. The number of methoxy groups -OCH3 is 1. The van der Waals surface area contributed by atoms with Crippen LogP contribution in [0.25, 0.3) is 0 Å². The zero-order valence-corrected chi connectivity index (χ0v) is 9.30. The quantitative estimate of drug-likeness (QED) is 0.451. The van der Waals surface area contributed by atoms with Gasteiger partial charge in [0.2, 0.25) is 0 Å². The highest BCUT2D eigenvalue weighted by atomic mass is 32.1. The maximum Gasteiger partial charge on any atom is 0.348 e. The third-order valence-corrected chi connectivity index (χ3v) is 3.01. The second-order valence-corrected chi connectivity index (χ2v) is 4.05. The minimum absolute atomic E-state index is 0.0160. The number of rotatable bonds is 4. The van der Waals surface area contributed by atoms with Gasteiger partial charge in [-0.1, -0.05) is 13.3 Å². The third-order valence-electron chi connectivity index (χ3n) is 1.85. The molecular weight excluding hydrogens is 218 g/mol. The van der Waals surface area contributed by atoms with Crippen LogP contribution in [0.5, 0.6) is 0 Å². The van der Waals surface area contributed by atoms with Crippen LogP contribution in [-0.4, -0.2) is 18.0 Å². The minimum atomic E-state index is -0.523. The zero-order valence-electron chi connectivity index (χ0n) is 8.48. The van der Waals surface area contributed by atoms with E-state index in [4.69, 9.17) is 0 Å². The van der Waals surface area contributed by atoms with E-state index in [1.165, 1.54) is 13.2 Å². The molecule has 5 nitrogen and oxygen atoms in total. The average Bonchev–Trinajstić information content (AvgIpc) is 2.61. The van der Waals surface area contributed by atoms with Crippen LogP contribution in [0, 0.1) is 10.1 Å². The van der Waals surface area contributed by atoms with Gasteiger partial charge < -0.3 is 4.74 Å². The van der Waals surface area contributed by atoms with Crippen molar-refractivity contribution >= 4 is 23.0 Å². The van der Waals surface area contributed by atoms with E-state index in [2.05, 4.69) is 4.74 Å². The zero-order chi connectivity index (χ0) is 11.4. The van der Waals surface area contributed by atoms with E-state index in [0.29, 0.717) is 11.3 Å². The molecule has 0 saturated carbocycles. The van der Waals surface area contributed by atoms with E-state index >= 15 is 0 Å². The summed E-state index contributed by atoms with van der Waals surface area (Å²) in [5.41, 5.74) is 0.0160. The van der Waals surface area contributed by atoms with Gasteiger partial charge in [-0.25, -0.2) is 4.79 Å². The van der Waals surface area contributed by atoms with E-state index < -0.39 is 10.9 Å². The first-order valence-electron chi connectivity index (χ1n) is 4.45. The van der Waals surface area contributed by atoms with Gasteiger partial charge in [0.05, 0.1) is 16.9 Å². The Bertz CT molecular complexity index is 385. The summed E-state index contributed by atoms with van der Waals surface area (Å²) in [6, 6.07) is 1.28. The number of ether oxygens (including phenoxy) is 1. The van der Waals surface area contributed by atoms with E-state index in [9.17, 15) is 14.9 Å². The molecule has 1 aromatic heterocycles. The molecule has 1 rings (SSSR count). The average molecular weight is 229 g/mol. The Labute approximate surface area is 90.8 Å². The molecule has 0 aliphatic heterocycles. The van der Waals surface area contributed by atoms with Gasteiger partial charge >= 0.3 is 5.97 Å². The molecule has 0 bridgehead atoms. The third kappa shape index (κ3) is 2.53. The van der Waals surface area contributed by atoms with Gasteiger partial charge in [-0.15, -0.1) is 11.3 Å². The molecule has 0 spiro atoms. The molecule has 0 radical (unpaired) electrons. The summed E-state index contributed by atoms with van der Waals surface area (Å²) in [6.07, 6.45) is 1.42. The summed E-state index contributed by atoms with van der Waals surface area (Å²) < 4.78 is 4.51. The van der Waals surface area contributed by atoms with Crippen LogP contribution in [0.1, 0.15) is 27.9 Å². The number of nitrogens with zero attached hydrogens (tertiary/aromatic N) is 1. The maximum absolute atomic E-state index is 11.2. The van der Waals surface area contributed by atoms with Gasteiger partial charge in [-0.3, -0.25) is 10.1 Å². The van der Waals surface area contributed by atoms with Crippen LogP contribution < -0.4 is 0 Å². The van der Waals surface area contributed by atoms with Crippen molar-refractivity contribution in [2.45, 2.75) is 19.8 Å². The van der Waals surface area contributed by atoms with Crippen LogP contribution >= 0.6 is 11.3 Å². The first-order valence-corrected chi connectivity index (χ1v) is 5.27. The number of esters is 1. The molecule has 1 heterocycles. The second kappa shape index (κ2) is 4.88. The number of aryl methyl sites for hydroxylation is 1. The van der Waals surface area contributed by atoms with Crippen molar-refractivity contribution in [3.05, 3.63) is 25.9 Å². The maximum atomic E-state index is 11.2. The Hall–Kier alpha value is -1.43. The van der Waals surface area contributed by atoms with Crippen LogP contribution in [-0.2, 0) is 11.2 Å². The van der Waals surface area contributed by atoms with Crippen molar-refractivity contribution in [2.24, 2.45) is 0 Å². The summed E-state index contributed by atoms with van der Waals surface area (Å²) in [6.45, 7) is 1.93. The standard InChI is InChI=1S/C9H11NO4S/c1-3-4-7-6(10(12)13)5-8(15-7)9(11)14-2/h5H,3-4H2,1-2H3. The van der Waals surface area contributed by atoms with Crippen LogP contribution in [0.15, 0.2) is 6.07 Å². The van der Waals surface area contributed by atoms with Gasteiger partial charge in [-0.05, 0) is 6.42 Å². The van der Waals surface area contributed by atoms with Gasteiger partial charge in [0.25, 0.3) is 5.69 Å². The summed E-state index contributed by atoms with van der Waals surface area (Å²) in [7, 11) is 1.26. The lowest BCUT2D eigenvalue weighted by atomic mass is 10.2. The highest BCUT2D eigenvalue weighted by molar-refractivity contribution is 7.14. The van der Waals surface area contributed by atoms with Gasteiger partial charge in [0.15, 0.2) is 0 Å². The van der Waals surface area contributed by atoms with Crippen molar-refractivity contribution in [3.8, 4) is 0 Å². The lowest BCUT2D eigenvalue weighted by Crippen LogP contribution is -1.97. The molecule has 82 valence electrons. The molecule has 0 aliphatic rings. The summed E-state index contributed by atoms with van der Waals surface area (Å²) in [5, 5.41) is 10.7. The topological polar surface area (TPSA) is 69.4 Å². The van der Waals surface area contributed by atoms with Gasteiger partial charge in [0, 0.05) is 6.07 Å². The van der Waals surface area contributed by atoms with Crippen LogP contribution in [0.4, 0.5) is 5.69 Å².